The van der Waals surface area contributed by atoms with Crippen molar-refractivity contribution >= 4 is 0 Å². The molecule has 1 aliphatic rings. The number of rotatable bonds is 7. The summed E-state index contributed by atoms with van der Waals surface area (Å²) in [5.41, 5.74) is 1.15. The van der Waals surface area contributed by atoms with Gasteiger partial charge >= 0.3 is 0 Å². The maximum absolute atomic E-state index is 11.0. The van der Waals surface area contributed by atoms with Gasteiger partial charge in [0.15, 0.2) is 0 Å². The second kappa shape index (κ2) is 6.04. The summed E-state index contributed by atoms with van der Waals surface area (Å²) in [7, 11) is 0. The zero-order chi connectivity index (χ0) is 12.9. The minimum atomic E-state index is -0.423. The van der Waals surface area contributed by atoms with Gasteiger partial charge in [-0.05, 0) is 46.0 Å². The van der Waals surface area contributed by atoms with Gasteiger partial charge in [0.25, 0.3) is 0 Å². The highest BCUT2D eigenvalue weighted by atomic mass is 16.3. The van der Waals surface area contributed by atoms with Gasteiger partial charge in [0.05, 0.1) is 5.60 Å². The van der Waals surface area contributed by atoms with Crippen LogP contribution >= 0.6 is 0 Å². The molecule has 0 radical (unpaired) electrons. The molecule has 1 nitrogen and oxygen atoms in total. The van der Waals surface area contributed by atoms with E-state index in [1.807, 2.05) is 0 Å². The topological polar surface area (TPSA) is 20.2 Å². The maximum atomic E-state index is 11.0. The smallest absolute Gasteiger partial charge is 0.0704 e. The average Bonchev–Trinajstić information content (AvgIpc) is 2.24. The second-order valence-electron chi connectivity index (χ2n) is 6.11. The molecule has 1 fully saturated rings. The van der Waals surface area contributed by atoms with E-state index in [2.05, 4.69) is 33.8 Å². The Hall–Kier alpha value is -0.300. The fraction of sp³-hybridized carbons (Fsp3) is 0.875. The molecule has 1 N–H and O–H groups in total. The molecule has 1 heteroatoms. The van der Waals surface area contributed by atoms with Crippen LogP contribution in [0.25, 0.3) is 0 Å². The van der Waals surface area contributed by atoms with E-state index in [9.17, 15) is 5.11 Å². The molecule has 17 heavy (non-hydrogen) atoms. The molecule has 1 rings (SSSR count). The summed E-state index contributed by atoms with van der Waals surface area (Å²) in [5, 5.41) is 11.0. The summed E-state index contributed by atoms with van der Waals surface area (Å²) in [5.74, 6) is 0. The van der Waals surface area contributed by atoms with Gasteiger partial charge in [-0.1, -0.05) is 44.8 Å². The molecular formula is C16H30O. The minimum Gasteiger partial charge on any atom is -0.389 e. The van der Waals surface area contributed by atoms with Gasteiger partial charge < -0.3 is 5.11 Å². The first-order valence-electron chi connectivity index (χ1n) is 7.35. The zero-order valence-electron chi connectivity index (χ0n) is 12.2. The summed E-state index contributed by atoms with van der Waals surface area (Å²) in [6, 6.07) is 0. The largest absolute Gasteiger partial charge is 0.389 e. The Morgan fingerprint density at radius 1 is 1.29 bits per heavy atom. The number of allylic oxidation sites excluding steroid dienone is 2. The van der Waals surface area contributed by atoms with E-state index >= 15 is 0 Å². The van der Waals surface area contributed by atoms with Gasteiger partial charge in [0.2, 0.25) is 0 Å². The third-order valence-corrected chi connectivity index (χ3v) is 4.73. The van der Waals surface area contributed by atoms with Crippen molar-refractivity contribution < 1.29 is 5.11 Å². The number of hydrogen-bond acceptors (Lipinski definition) is 1. The third-order valence-electron chi connectivity index (χ3n) is 4.73. The van der Waals surface area contributed by atoms with Crippen molar-refractivity contribution in [2.24, 2.45) is 5.41 Å². The lowest BCUT2D eigenvalue weighted by molar-refractivity contribution is -0.135. The highest BCUT2D eigenvalue weighted by molar-refractivity contribution is 5.08. The lowest BCUT2D eigenvalue weighted by atomic mass is 9.55. The molecule has 0 bridgehead atoms. The lowest BCUT2D eigenvalue weighted by Crippen LogP contribution is -2.52. The van der Waals surface area contributed by atoms with Crippen LogP contribution < -0.4 is 0 Å². The van der Waals surface area contributed by atoms with Crippen molar-refractivity contribution in [3.05, 3.63) is 11.6 Å². The van der Waals surface area contributed by atoms with E-state index in [4.69, 9.17) is 0 Å². The Morgan fingerprint density at radius 3 is 2.29 bits per heavy atom. The molecule has 1 aliphatic carbocycles. The van der Waals surface area contributed by atoms with Gasteiger partial charge in [0, 0.05) is 5.41 Å². The predicted octanol–water partition coefficient (Wildman–Crippen LogP) is 4.84. The van der Waals surface area contributed by atoms with Crippen LogP contribution in [0, 0.1) is 5.41 Å². The number of unbranched alkanes of at least 4 members (excludes halogenated alkanes) is 1. The van der Waals surface area contributed by atoms with E-state index in [0.717, 1.165) is 25.7 Å². The molecule has 0 saturated heterocycles. The maximum Gasteiger partial charge on any atom is 0.0704 e. The van der Waals surface area contributed by atoms with E-state index in [1.54, 1.807) is 0 Å². The Bertz CT molecular complexity index is 259. The first-order chi connectivity index (χ1) is 7.99. The van der Waals surface area contributed by atoms with Crippen molar-refractivity contribution in [2.75, 3.05) is 0 Å². The van der Waals surface area contributed by atoms with Gasteiger partial charge in [0.1, 0.15) is 0 Å². The highest BCUT2D eigenvalue weighted by Crippen LogP contribution is 2.55. The summed E-state index contributed by atoms with van der Waals surface area (Å²) < 4.78 is 0. The molecule has 1 saturated carbocycles. The van der Waals surface area contributed by atoms with Gasteiger partial charge in [-0.2, -0.15) is 0 Å². The number of aliphatic hydroxyl groups is 1. The van der Waals surface area contributed by atoms with Crippen LogP contribution in [0.1, 0.15) is 79.1 Å². The monoisotopic (exact) mass is 238 g/mol. The third kappa shape index (κ3) is 3.13. The van der Waals surface area contributed by atoms with Gasteiger partial charge in [-0.15, -0.1) is 0 Å². The quantitative estimate of drug-likeness (QED) is 0.629. The SMILES string of the molecule is CCCCC(O)(CC)C1(CC=C(C)C)CCC1. The summed E-state index contributed by atoms with van der Waals surface area (Å²) >= 11 is 0. The number of hydrogen-bond donors (Lipinski definition) is 1. The fourth-order valence-electron chi connectivity index (χ4n) is 3.15. The molecule has 0 amide bonds. The van der Waals surface area contributed by atoms with Gasteiger partial charge in [-0.3, -0.25) is 0 Å². The lowest BCUT2D eigenvalue weighted by Gasteiger charge is -2.53. The molecular weight excluding hydrogens is 208 g/mol. The van der Waals surface area contributed by atoms with Crippen LogP contribution in [0.2, 0.25) is 0 Å². The van der Waals surface area contributed by atoms with Crippen LogP contribution in [-0.4, -0.2) is 10.7 Å². The van der Waals surface area contributed by atoms with Crippen molar-refractivity contribution in [2.45, 2.75) is 84.7 Å². The molecule has 0 aromatic rings. The van der Waals surface area contributed by atoms with Crippen LogP contribution in [0.15, 0.2) is 11.6 Å². The minimum absolute atomic E-state index is 0.189. The molecule has 0 aliphatic heterocycles. The van der Waals surface area contributed by atoms with Crippen LogP contribution in [0.3, 0.4) is 0 Å². The van der Waals surface area contributed by atoms with Crippen LogP contribution in [0.4, 0.5) is 0 Å². The zero-order valence-corrected chi connectivity index (χ0v) is 12.2. The predicted molar refractivity (Wildman–Crippen MR) is 75.1 cm³/mol. The Labute approximate surface area is 107 Å². The van der Waals surface area contributed by atoms with Crippen molar-refractivity contribution in [3.8, 4) is 0 Å². The summed E-state index contributed by atoms with van der Waals surface area (Å²) in [6.45, 7) is 8.67. The average molecular weight is 238 g/mol. The Morgan fingerprint density at radius 2 is 1.94 bits per heavy atom. The Kier molecular flexibility index (Phi) is 5.24. The standard InChI is InChI=1S/C16H30O/c1-5-7-12-16(17,6-2)15(10-8-11-15)13-9-14(3)4/h9,17H,5-8,10-13H2,1-4H3. The summed E-state index contributed by atoms with van der Waals surface area (Å²) in [6.07, 6.45) is 11.3. The van der Waals surface area contributed by atoms with Crippen molar-refractivity contribution in [1.29, 1.82) is 0 Å². The van der Waals surface area contributed by atoms with E-state index in [0.29, 0.717) is 0 Å². The first kappa shape index (κ1) is 14.8. The van der Waals surface area contributed by atoms with E-state index in [1.165, 1.54) is 31.3 Å². The highest BCUT2D eigenvalue weighted by Gasteiger charge is 2.51. The van der Waals surface area contributed by atoms with E-state index in [-0.39, 0.29) is 5.41 Å². The van der Waals surface area contributed by atoms with E-state index < -0.39 is 5.60 Å². The molecule has 0 heterocycles. The first-order valence-corrected chi connectivity index (χ1v) is 7.35. The van der Waals surface area contributed by atoms with Crippen LogP contribution in [-0.2, 0) is 0 Å². The summed E-state index contributed by atoms with van der Waals surface area (Å²) in [4.78, 5) is 0. The van der Waals surface area contributed by atoms with Crippen LogP contribution in [0.5, 0.6) is 0 Å². The van der Waals surface area contributed by atoms with Crippen molar-refractivity contribution in [1.82, 2.24) is 0 Å². The molecule has 1 unspecified atom stereocenters. The van der Waals surface area contributed by atoms with Crippen molar-refractivity contribution in [3.63, 3.8) is 0 Å². The van der Waals surface area contributed by atoms with Gasteiger partial charge in [-0.25, -0.2) is 0 Å². The molecule has 0 aromatic carbocycles. The molecule has 1 atom stereocenters. The Balaban J connectivity index is 2.77. The normalized spacial score (nSPS) is 21.5. The second-order valence-corrected chi connectivity index (χ2v) is 6.11. The fourth-order valence-corrected chi connectivity index (χ4v) is 3.15. The molecule has 100 valence electrons. The molecule has 0 aromatic heterocycles. The molecule has 0 spiro atoms.